The highest BCUT2D eigenvalue weighted by molar-refractivity contribution is 9.10. The van der Waals surface area contributed by atoms with Crippen molar-refractivity contribution in [3.05, 3.63) is 58.1 Å². The molecule has 106 valence electrons. The van der Waals surface area contributed by atoms with Gasteiger partial charge >= 0.3 is 0 Å². The Labute approximate surface area is 131 Å². The van der Waals surface area contributed by atoms with Crippen molar-refractivity contribution in [3.8, 4) is 11.8 Å². The molecule has 21 heavy (non-hydrogen) atoms. The minimum absolute atomic E-state index is 0.139. The summed E-state index contributed by atoms with van der Waals surface area (Å²) >= 11 is 3.35. The molecule has 0 aliphatic heterocycles. The quantitative estimate of drug-likeness (QED) is 0.922. The van der Waals surface area contributed by atoms with Gasteiger partial charge in [0.15, 0.2) is 0 Å². The molecular formula is C16H13BrN2O2. The number of hydrogen-bond donors (Lipinski definition) is 1. The SMILES string of the molecule is COc1cc(C#N)ccc1NC(=O)Cc1ccc(Br)cc1. The molecule has 0 fully saturated rings. The van der Waals surface area contributed by atoms with Gasteiger partial charge in [0.05, 0.1) is 30.9 Å². The topological polar surface area (TPSA) is 62.1 Å². The smallest absolute Gasteiger partial charge is 0.228 e. The van der Waals surface area contributed by atoms with Crippen LogP contribution >= 0.6 is 15.9 Å². The van der Waals surface area contributed by atoms with Crippen LogP contribution in [-0.4, -0.2) is 13.0 Å². The van der Waals surface area contributed by atoms with Crippen LogP contribution in [0.2, 0.25) is 0 Å². The summed E-state index contributed by atoms with van der Waals surface area (Å²) in [6.07, 6.45) is 0.274. The zero-order chi connectivity index (χ0) is 15.2. The van der Waals surface area contributed by atoms with Gasteiger partial charge in [-0.3, -0.25) is 4.79 Å². The number of nitriles is 1. The molecule has 0 saturated heterocycles. The molecule has 0 radical (unpaired) electrons. The van der Waals surface area contributed by atoms with E-state index in [1.165, 1.54) is 7.11 Å². The Balaban J connectivity index is 2.09. The molecule has 0 bridgehead atoms. The summed E-state index contributed by atoms with van der Waals surface area (Å²) < 4.78 is 6.16. The molecule has 1 N–H and O–H groups in total. The van der Waals surface area contributed by atoms with Crippen LogP contribution in [0.3, 0.4) is 0 Å². The third-order valence-electron chi connectivity index (χ3n) is 2.88. The number of ether oxygens (including phenoxy) is 1. The van der Waals surface area contributed by atoms with E-state index >= 15 is 0 Å². The van der Waals surface area contributed by atoms with Crippen LogP contribution in [0, 0.1) is 11.3 Å². The van der Waals surface area contributed by atoms with E-state index in [1.54, 1.807) is 18.2 Å². The van der Waals surface area contributed by atoms with Gasteiger partial charge < -0.3 is 10.1 Å². The molecule has 0 heterocycles. The fourth-order valence-electron chi connectivity index (χ4n) is 1.85. The van der Waals surface area contributed by atoms with E-state index in [-0.39, 0.29) is 12.3 Å². The zero-order valence-corrected chi connectivity index (χ0v) is 13.0. The van der Waals surface area contributed by atoms with Crippen LogP contribution in [0.4, 0.5) is 5.69 Å². The van der Waals surface area contributed by atoms with Crippen LogP contribution in [0.1, 0.15) is 11.1 Å². The number of methoxy groups -OCH3 is 1. The van der Waals surface area contributed by atoms with Gasteiger partial charge in [0.1, 0.15) is 5.75 Å². The number of nitrogens with one attached hydrogen (secondary N) is 1. The number of rotatable bonds is 4. The fourth-order valence-corrected chi connectivity index (χ4v) is 2.11. The highest BCUT2D eigenvalue weighted by Gasteiger charge is 2.09. The number of benzene rings is 2. The number of hydrogen-bond acceptors (Lipinski definition) is 3. The molecule has 0 spiro atoms. The van der Waals surface area contributed by atoms with Crippen molar-refractivity contribution in [1.29, 1.82) is 5.26 Å². The van der Waals surface area contributed by atoms with Gasteiger partial charge in [0.2, 0.25) is 5.91 Å². The van der Waals surface area contributed by atoms with Gasteiger partial charge in [0, 0.05) is 10.5 Å². The third-order valence-corrected chi connectivity index (χ3v) is 3.41. The lowest BCUT2D eigenvalue weighted by atomic mass is 10.1. The molecule has 4 nitrogen and oxygen atoms in total. The van der Waals surface area contributed by atoms with Crippen LogP contribution in [0.25, 0.3) is 0 Å². The standard InChI is InChI=1S/C16H13BrN2O2/c1-21-15-8-12(10-18)4-7-14(15)19-16(20)9-11-2-5-13(17)6-3-11/h2-8H,9H2,1H3,(H,19,20). The Morgan fingerprint density at radius 2 is 2.00 bits per heavy atom. The predicted molar refractivity (Wildman–Crippen MR) is 84.2 cm³/mol. The van der Waals surface area contributed by atoms with Gasteiger partial charge in [-0.15, -0.1) is 0 Å². The second-order valence-corrected chi connectivity index (χ2v) is 5.29. The molecule has 0 saturated carbocycles. The summed E-state index contributed by atoms with van der Waals surface area (Å²) in [4.78, 5) is 12.0. The molecule has 2 aromatic carbocycles. The second kappa shape index (κ2) is 6.91. The fraction of sp³-hybridized carbons (Fsp3) is 0.125. The summed E-state index contributed by atoms with van der Waals surface area (Å²) in [6, 6.07) is 14.5. The van der Waals surface area contributed by atoms with Gasteiger partial charge in [-0.05, 0) is 29.8 Å². The van der Waals surface area contributed by atoms with Crippen LogP contribution in [0.5, 0.6) is 5.75 Å². The lowest BCUT2D eigenvalue weighted by molar-refractivity contribution is -0.115. The Bertz CT molecular complexity index is 690. The van der Waals surface area contributed by atoms with Crippen molar-refractivity contribution in [2.45, 2.75) is 6.42 Å². The first-order chi connectivity index (χ1) is 10.1. The number of halogens is 1. The van der Waals surface area contributed by atoms with E-state index in [0.29, 0.717) is 17.0 Å². The molecule has 0 unspecified atom stereocenters. The predicted octanol–water partition coefficient (Wildman–Crippen LogP) is 3.51. The highest BCUT2D eigenvalue weighted by Crippen LogP contribution is 2.25. The first-order valence-electron chi connectivity index (χ1n) is 6.25. The molecule has 0 aliphatic carbocycles. The Kier molecular flexibility index (Phi) is 4.96. The summed E-state index contributed by atoms with van der Waals surface area (Å²) in [5.74, 6) is 0.332. The summed E-state index contributed by atoms with van der Waals surface area (Å²) in [5, 5.41) is 11.6. The largest absolute Gasteiger partial charge is 0.495 e. The maximum absolute atomic E-state index is 12.0. The Morgan fingerprint density at radius 1 is 1.29 bits per heavy atom. The van der Waals surface area contributed by atoms with E-state index in [0.717, 1.165) is 10.0 Å². The first-order valence-corrected chi connectivity index (χ1v) is 7.04. The van der Waals surface area contributed by atoms with Crippen LogP contribution in [-0.2, 0) is 11.2 Å². The van der Waals surface area contributed by atoms with Crippen LogP contribution in [0.15, 0.2) is 46.9 Å². The molecule has 1 amide bonds. The Morgan fingerprint density at radius 3 is 2.62 bits per heavy atom. The van der Waals surface area contributed by atoms with Crippen molar-refractivity contribution in [2.75, 3.05) is 12.4 Å². The zero-order valence-electron chi connectivity index (χ0n) is 11.4. The van der Waals surface area contributed by atoms with Crippen molar-refractivity contribution < 1.29 is 9.53 Å². The number of carbonyl (C=O) groups excluding carboxylic acids is 1. The van der Waals surface area contributed by atoms with Gasteiger partial charge in [-0.25, -0.2) is 0 Å². The number of carbonyl (C=O) groups is 1. The van der Waals surface area contributed by atoms with E-state index in [9.17, 15) is 4.79 Å². The summed E-state index contributed by atoms with van der Waals surface area (Å²) in [7, 11) is 1.50. The van der Waals surface area contributed by atoms with E-state index < -0.39 is 0 Å². The molecule has 2 aromatic rings. The number of nitrogens with zero attached hydrogens (tertiary/aromatic N) is 1. The van der Waals surface area contributed by atoms with Crippen molar-refractivity contribution in [1.82, 2.24) is 0 Å². The second-order valence-electron chi connectivity index (χ2n) is 4.38. The van der Waals surface area contributed by atoms with Crippen molar-refractivity contribution >= 4 is 27.5 Å². The van der Waals surface area contributed by atoms with Crippen LogP contribution < -0.4 is 10.1 Å². The monoisotopic (exact) mass is 344 g/mol. The summed E-state index contributed by atoms with van der Waals surface area (Å²) in [6.45, 7) is 0. The average molecular weight is 345 g/mol. The average Bonchev–Trinajstić information content (AvgIpc) is 2.50. The van der Waals surface area contributed by atoms with Gasteiger partial charge in [0.25, 0.3) is 0 Å². The molecule has 5 heteroatoms. The van der Waals surface area contributed by atoms with Gasteiger partial charge in [-0.2, -0.15) is 5.26 Å². The molecule has 0 aliphatic rings. The summed E-state index contributed by atoms with van der Waals surface area (Å²) in [5.41, 5.74) is 1.96. The molecule has 0 atom stereocenters. The lowest BCUT2D eigenvalue weighted by Gasteiger charge is -2.10. The maximum atomic E-state index is 12.0. The Hall–Kier alpha value is -2.32. The normalized spacial score (nSPS) is 9.76. The van der Waals surface area contributed by atoms with E-state index in [2.05, 4.69) is 21.2 Å². The molecule has 0 aromatic heterocycles. The number of anilines is 1. The minimum Gasteiger partial charge on any atom is -0.495 e. The van der Waals surface area contributed by atoms with Gasteiger partial charge in [-0.1, -0.05) is 28.1 Å². The van der Waals surface area contributed by atoms with E-state index in [4.69, 9.17) is 10.00 Å². The first kappa shape index (κ1) is 15.1. The maximum Gasteiger partial charge on any atom is 0.228 e. The molecule has 2 rings (SSSR count). The third kappa shape index (κ3) is 4.07. The number of amides is 1. The van der Waals surface area contributed by atoms with E-state index in [1.807, 2.05) is 30.3 Å². The van der Waals surface area contributed by atoms with Crippen molar-refractivity contribution in [3.63, 3.8) is 0 Å². The lowest BCUT2D eigenvalue weighted by Crippen LogP contribution is -2.15. The highest BCUT2D eigenvalue weighted by atomic mass is 79.9. The minimum atomic E-state index is -0.139. The van der Waals surface area contributed by atoms with Crippen molar-refractivity contribution in [2.24, 2.45) is 0 Å². The molecular weight excluding hydrogens is 332 g/mol.